The van der Waals surface area contributed by atoms with Gasteiger partial charge in [-0.25, -0.2) is 8.78 Å². The highest BCUT2D eigenvalue weighted by Gasteiger charge is 2.38. The molecule has 114 valence electrons. The van der Waals surface area contributed by atoms with Gasteiger partial charge in [-0.2, -0.15) is 0 Å². The largest absolute Gasteiger partial charge is 0.481 e. The van der Waals surface area contributed by atoms with E-state index in [9.17, 15) is 18.4 Å². The second-order valence-corrected chi connectivity index (χ2v) is 5.67. The lowest BCUT2D eigenvalue weighted by Crippen LogP contribution is -2.48. The maximum atomic E-state index is 13.7. The minimum absolute atomic E-state index is 0.240. The average Bonchev–Trinajstić information content (AvgIpc) is 2.80. The fourth-order valence-corrected chi connectivity index (χ4v) is 2.84. The van der Waals surface area contributed by atoms with E-state index in [0.29, 0.717) is 12.8 Å². The van der Waals surface area contributed by atoms with Crippen molar-refractivity contribution in [2.24, 2.45) is 0 Å². The van der Waals surface area contributed by atoms with Crippen molar-refractivity contribution in [3.63, 3.8) is 0 Å². The number of nitrogens with one attached hydrogen (secondary N) is 1. The molecular weight excluding hydrogens is 304 g/mol. The summed E-state index contributed by atoms with van der Waals surface area (Å²) in [5, 5.41) is 11.1. The molecule has 1 aromatic carbocycles. The number of hydrogen-bond donors (Lipinski definition) is 2. The third-order valence-corrected chi connectivity index (χ3v) is 3.97. The van der Waals surface area contributed by atoms with E-state index in [1.165, 1.54) is 0 Å². The van der Waals surface area contributed by atoms with Crippen molar-refractivity contribution in [1.82, 2.24) is 5.32 Å². The summed E-state index contributed by atoms with van der Waals surface area (Å²) in [4.78, 5) is 23.1. The summed E-state index contributed by atoms with van der Waals surface area (Å²) in [5.74, 6) is -3.71. The first-order valence-corrected chi connectivity index (χ1v) is 6.90. The number of carbonyl (C=O) groups excluding carboxylic acids is 1. The van der Waals surface area contributed by atoms with Crippen molar-refractivity contribution in [2.45, 2.75) is 37.6 Å². The zero-order valence-electron chi connectivity index (χ0n) is 11.1. The molecule has 1 amide bonds. The molecule has 1 aliphatic rings. The maximum absolute atomic E-state index is 13.7. The Hall–Kier alpha value is -1.69. The Morgan fingerprint density at radius 3 is 2.43 bits per heavy atom. The van der Waals surface area contributed by atoms with Crippen LogP contribution in [0.4, 0.5) is 8.78 Å². The molecule has 0 aromatic heterocycles. The number of carboxylic acid groups (broad SMARTS) is 1. The predicted molar refractivity (Wildman–Crippen MR) is 72.3 cm³/mol. The van der Waals surface area contributed by atoms with E-state index in [4.69, 9.17) is 16.7 Å². The van der Waals surface area contributed by atoms with E-state index in [1.54, 1.807) is 0 Å². The van der Waals surface area contributed by atoms with Gasteiger partial charge < -0.3 is 10.4 Å². The molecule has 2 N–H and O–H groups in total. The Morgan fingerprint density at radius 1 is 1.24 bits per heavy atom. The van der Waals surface area contributed by atoms with Gasteiger partial charge in [-0.15, -0.1) is 0 Å². The summed E-state index contributed by atoms with van der Waals surface area (Å²) in [7, 11) is 0. The Kier molecular flexibility index (Phi) is 4.46. The first-order chi connectivity index (χ1) is 9.83. The lowest BCUT2D eigenvalue weighted by atomic mass is 9.92. The summed E-state index contributed by atoms with van der Waals surface area (Å²) >= 11 is 5.43. The standard InChI is InChI=1S/C14H14ClF2NO3/c15-9-6-10(16)8(5-11(9)17)13(21)18-14(7-12(19)20)3-1-2-4-14/h5-6H,1-4,7H2,(H,18,21)(H,19,20). The molecule has 0 spiro atoms. The molecule has 0 aliphatic heterocycles. The minimum atomic E-state index is -1.04. The van der Waals surface area contributed by atoms with Crippen LogP contribution in [0, 0.1) is 11.6 Å². The van der Waals surface area contributed by atoms with Crippen LogP contribution in [0.3, 0.4) is 0 Å². The normalized spacial score (nSPS) is 16.7. The van der Waals surface area contributed by atoms with Crippen LogP contribution in [0.15, 0.2) is 12.1 Å². The molecule has 1 fully saturated rings. The third kappa shape index (κ3) is 3.50. The first-order valence-electron chi connectivity index (χ1n) is 6.52. The van der Waals surface area contributed by atoms with Crippen molar-refractivity contribution >= 4 is 23.5 Å². The average molecular weight is 318 g/mol. The number of aliphatic carboxylic acids is 1. The van der Waals surface area contributed by atoms with Crippen molar-refractivity contribution in [2.75, 3.05) is 0 Å². The van der Waals surface area contributed by atoms with Gasteiger partial charge in [-0.3, -0.25) is 9.59 Å². The van der Waals surface area contributed by atoms with E-state index in [1.807, 2.05) is 0 Å². The Bertz CT molecular complexity index is 586. The number of carbonyl (C=O) groups is 2. The highest BCUT2D eigenvalue weighted by Crippen LogP contribution is 2.33. The highest BCUT2D eigenvalue weighted by atomic mass is 35.5. The Morgan fingerprint density at radius 2 is 1.86 bits per heavy atom. The summed E-state index contributed by atoms with van der Waals surface area (Å²) in [5.41, 5.74) is -1.38. The summed E-state index contributed by atoms with van der Waals surface area (Å²) in [6.07, 6.45) is 2.33. The van der Waals surface area contributed by atoms with Crippen LogP contribution in [0.5, 0.6) is 0 Å². The molecular formula is C14H14ClF2NO3. The number of halogens is 3. The van der Waals surface area contributed by atoms with Crippen LogP contribution in [-0.4, -0.2) is 22.5 Å². The second-order valence-electron chi connectivity index (χ2n) is 5.26. The van der Waals surface area contributed by atoms with Gasteiger partial charge >= 0.3 is 5.97 Å². The van der Waals surface area contributed by atoms with Gasteiger partial charge in [0.2, 0.25) is 0 Å². The topological polar surface area (TPSA) is 66.4 Å². The predicted octanol–water partition coefficient (Wildman–Crippen LogP) is 3.14. The van der Waals surface area contributed by atoms with Gasteiger partial charge in [0.15, 0.2) is 0 Å². The van der Waals surface area contributed by atoms with Crippen LogP contribution in [0.2, 0.25) is 5.02 Å². The molecule has 1 aliphatic carbocycles. The van der Waals surface area contributed by atoms with Crippen LogP contribution >= 0.6 is 11.6 Å². The molecule has 0 atom stereocenters. The number of amides is 1. The van der Waals surface area contributed by atoms with E-state index in [0.717, 1.165) is 25.0 Å². The van der Waals surface area contributed by atoms with Gasteiger partial charge in [-0.05, 0) is 25.0 Å². The number of benzene rings is 1. The van der Waals surface area contributed by atoms with Crippen LogP contribution in [0.1, 0.15) is 42.5 Å². The zero-order chi connectivity index (χ0) is 15.6. The van der Waals surface area contributed by atoms with E-state index in [-0.39, 0.29) is 6.42 Å². The highest BCUT2D eigenvalue weighted by molar-refractivity contribution is 6.30. The van der Waals surface area contributed by atoms with E-state index < -0.39 is 39.6 Å². The molecule has 0 radical (unpaired) electrons. The van der Waals surface area contributed by atoms with E-state index in [2.05, 4.69) is 5.32 Å². The molecule has 1 saturated carbocycles. The third-order valence-electron chi connectivity index (χ3n) is 3.68. The van der Waals surface area contributed by atoms with Gasteiger partial charge in [-0.1, -0.05) is 24.4 Å². The SMILES string of the molecule is O=C(O)CC1(NC(=O)c2cc(F)c(Cl)cc2F)CCCC1. The van der Waals surface area contributed by atoms with Crippen molar-refractivity contribution in [3.05, 3.63) is 34.4 Å². The van der Waals surface area contributed by atoms with Crippen molar-refractivity contribution in [1.29, 1.82) is 0 Å². The molecule has 21 heavy (non-hydrogen) atoms. The molecule has 7 heteroatoms. The first kappa shape index (κ1) is 15.7. The molecule has 0 unspecified atom stereocenters. The molecule has 0 saturated heterocycles. The monoisotopic (exact) mass is 317 g/mol. The van der Waals surface area contributed by atoms with Gasteiger partial charge in [0, 0.05) is 0 Å². The molecule has 0 bridgehead atoms. The Labute approximate surface area is 125 Å². The molecule has 0 heterocycles. The van der Waals surface area contributed by atoms with Gasteiger partial charge in [0.05, 0.1) is 22.5 Å². The molecule has 1 aromatic rings. The van der Waals surface area contributed by atoms with Crippen molar-refractivity contribution < 1.29 is 23.5 Å². The maximum Gasteiger partial charge on any atom is 0.305 e. The van der Waals surface area contributed by atoms with Crippen molar-refractivity contribution in [3.8, 4) is 0 Å². The van der Waals surface area contributed by atoms with Gasteiger partial charge in [0.1, 0.15) is 11.6 Å². The quantitative estimate of drug-likeness (QED) is 0.838. The number of carboxylic acids is 1. The summed E-state index contributed by atoms with van der Waals surface area (Å²) in [6.45, 7) is 0. The lowest BCUT2D eigenvalue weighted by Gasteiger charge is -2.28. The summed E-state index contributed by atoms with van der Waals surface area (Å²) < 4.78 is 27.1. The van der Waals surface area contributed by atoms with Crippen LogP contribution in [0.25, 0.3) is 0 Å². The fraction of sp³-hybridized carbons (Fsp3) is 0.429. The van der Waals surface area contributed by atoms with E-state index >= 15 is 0 Å². The smallest absolute Gasteiger partial charge is 0.305 e. The van der Waals surface area contributed by atoms with Crippen LogP contribution < -0.4 is 5.32 Å². The number of hydrogen-bond acceptors (Lipinski definition) is 2. The van der Waals surface area contributed by atoms with Gasteiger partial charge in [0.25, 0.3) is 5.91 Å². The molecule has 2 rings (SSSR count). The minimum Gasteiger partial charge on any atom is -0.481 e. The number of rotatable bonds is 4. The molecule has 4 nitrogen and oxygen atoms in total. The zero-order valence-corrected chi connectivity index (χ0v) is 11.8. The summed E-state index contributed by atoms with van der Waals surface area (Å²) in [6, 6.07) is 1.45. The Balaban J connectivity index is 2.24. The fourth-order valence-electron chi connectivity index (χ4n) is 2.69. The van der Waals surface area contributed by atoms with Crippen LogP contribution in [-0.2, 0) is 4.79 Å². The second kappa shape index (κ2) is 5.97. The lowest BCUT2D eigenvalue weighted by molar-refractivity contribution is -0.138.